The van der Waals surface area contributed by atoms with E-state index in [2.05, 4.69) is 50.3 Å². The number of carbonyl (C=O) groups is 2. The molecular formula is C34H60O5. The predicted octanol–water partition coefficient (Wildman–Crippen LogP) is 9.33. The Bertz CT molecular complexity index is 637. The van der Waals surface area contributed by atoms with E-state index in [9.17, 15) is 14.7 Å². The summed E-state index contributed by atoms with van der Waals surface area (Å²) in [6.45, 7) is 3.97. The van der Waals surface area contributed by atoms with Crippen LogP contribution in [0, 0.1) is 0 Å². The van der Waals surface area contributed by atoms with E-state index in [1.54, 1.807) is 0 Å². The summed E-state index contributed by atoms with van der Waals surface area (Å²) < 4.78 is 10.5. The molecule has 0 bridgehead atoms. The van der Waals surface area contributed by atoms with Crippen LogP contribution in [0.5, 0.6) is 0 Å². The lowest BCUT2D eigenvalue weighted by Crippen LogP contribution is -2.28. The van der Waals surface area contributed by atoms with Crippen LogP contribution in [0.4, 0.5) is 0 Å². The van der Waals surface area contributed by atoms with Crippen LogP contribution < -0.4 is 0 Å². The highest BCUT2D eigenvalue weighted by Crippen LogP contribution is 2.13. The summed E-state index contributed by atoms with van der Waals surface area (Å²) in [5.74, 6) is -0.627. The van der Waals surface area contributed by atoms with Crippen molar-refractivity contribution in [2.24, 2.45) is 0 Å². The number of allylic oxidation sites excluding steroid dienone is 6. The fourth-order valence-electron chi connectivity index (χ4n) is 4.27. The first kappa shape index (κ1) is 37.1. The van der Waals surface area contributed by atoms with Gasteiger partial charge in [0.1, 0.15) is 6.61 Å². The third-order valence-corrected chi connectivity index (χ3v) is 6.70. The summed E-state index contributed by atoms with van der Waals surface area (Å²) >= 11 is 0. The summed E-state index contributed by atoms with van der Waals surface area (Å²) in [5.41, 5.74) is 0. The van der Waals surface area contributed by atoms with E-state index in [1.807, 2.05) is 0 Å². The highest BCUT2D eigenvalue weighted by Gasteiger charge is 2.16. The second kappa shape index (κ2) is 30.7. The third kappa shape index (κ3) is 28.9. The molecule has 5 heteroatoms. The van der Waals surface area contributed by atoms with Crippen LogP contribution in [-0.2, 0) is 19.1 Å². The monoisotopic (exact) mass is 548 g/mol. The number of carbonyl (C=O) groups excluding carboxylic acids is 2. The number of esters is 2. The van der Waals surface area contributed by atoms with E-state index >= 15 is 0 Å². The van der Waals surface area contributed by atoms with Gasteiger partial charge in [-0.05, 0) is 44.9 Å². The molecule has 0 amide bonds. The van der Waals surface area contributed by atoms with E-state index in [0.29, 0.717) is 12.8 Å². The maximum Gasteiger partial charge on any atom is 0.306 e. The van der Waals surface area contributed by atoms with Crippen LogP contribution in [-0.4, -0.2) is 36.4 Å². The van der Waals surface area contributed by atoms with E-state index in [1.165, 1.54) is 57.8 Å². The number of ether oxygens (including phenoxy) is 2. The van der Waals surface area contributed by atoms with Gasteiger partial charge >= 0.3 is 11.9 Å². The fourth-order valence-corrected chi connectivity index (χ4v) is 4.27. The van der Waals surface area contributed by atoms with Gasteiger partial charge in [-0.3, -0.25) is 9.59 Å². The van der Waals surface area contributed by atoms with E-state index in [-0.39, 0.29) is 25.2 Å². The zero-order chi connectivity index (χ0) is 28.7. The van der Waals surface area contributed by atoms with Crippen molar-refractivity contribution < 1.29 is 24.2 Å². The van der Waals surface area contributed by atoms with Crippen LogP contribution in [0.15, 0.2) is 36.5 Å². The van der Waals surface area contributed by atoms with E-state index in [4.69, 9.17) is 9.47 Å². The van der Waals surface area contributed by atoms with Crippen molar-refractivity contribution in [3.63, 3.8) is 0 Å². The first-order valence-electron chi connectivity index (χ1n) is 16.0. The van der Waals surface area contributed by atoms with Gasteiger partial charge in [-0.1, -0.05) is 127 Å². The Morgan fingerprint density at radius 1 is 0.615 bits per heavy atom. The van der Waals surface area contributed by atoms with E-state index in [0.717, 1.165) is 64.2 Å². The SMILES string of the molecule is CC/C=C\C/C=C\C/C=C\CCCCCC(=O)OC(CO)COC(=O)CCCCCCCCCCCCCC. The topological polar surface area (TPSA) is 72.8 Å². The highest BCUT2D eigenvalue weighted by atomic mass is 16.6. The first-order chi connectivity index (χ1) is 19.1. The van der Waals surface area contributed by atoms with Gasteiger partial charge in [0.15, 0.2) is 6.10 Å². The molecule has 0 spiro atoms. The molecule has 0 aromatic rings. The largest absolute Gasteiger partial charge is 0.462 e. The summed E-state index contributed by atoms with van der Waals surface area (Å²) in [7, 11) is 0. The molecule has 1 atom stereocenters. The minimum Gasteiger partial charge on any atom is -0.462 e. The van der Waals surface area contributed by atoms with Crippen LogP contribution in [0.1, 0.15) is 149 Å². The van der Waals surface area contributed by atoms with Gasteiger partial charge < -0.3 is 14.6 Å². The molecule has 0 aliphatic rings. The molecule has 0 aliphatic carbocycles. The number of hydrogen-bond donors (Lipinski definition) is 1. The number of aliphatic hydroxyl groups is 1. The van der Waals surface area contributed by atoms with Gasteiger partial charge in [0, 0.05) is 12.8 Å². The van der Waals surface area contributed by atoms with Gasteiger partial charge in [-0.25, -0.2) is 0 Å². The first-order valence-corrected chi connectivity index (χ1v) is 16.0. The fraction of sp³-hybridized carbons (Fsp3) is 0.765. The summed E-state index contributed by atoms with van der Waals surface area (Å²) in [4.78, 5) is 24.0. The van der Waals surface area contributed by atoms with Crippen LogP contribution >= 0.6 is 0 Å². The Morgan fingerprint density at radius 2 is 1.10 bits per heavy atom. The maximum atomic E-state index is 12.1. The van der Waals surface area contributed by atoms with Crippen molar-refractivity contribution in [1.29, 1.82) is 0 Å². The zero-order valence-electron chi connectivity index (χ0n) is 25.4. The summed E-state index contributed by atoms with van der Waals surface area (Å²) in [6.07, 6.45) is 34.8. The minimum atomic E-state index is -0.781. The Kier molecular flexibility index (Phi) is 29.2. The second-order valence-electron chi connectivity index (χ2n) is 10.5. The van der Waals surface area contributed by atoms with Gasteiger partial charge in [-0.2, -0.15) is 0 Å². The quantitative estimate of drug-likeness (QED) is 0.0599. The number of unbranched alkanes of at least 4 members (excludes halogenated alkanes) is 14. The molecule has 5 nitrogen and oxygen atoms in total. The molecule has 0 saturated heterocycles. The molecule has 0 aliphatic heterocycles. The number of hydrogen-bond acceptors (Lipinski definition) is 5. The predicted molar refractivity (Wildman–Crippen MR) is 164 cm³/mol. The number of aliphatic hydroxyl groups excluding tert-OH is 1. The zero-order valence-corrected chi connectivity index (χ0v) is 25.4. The maximum absolute atomic E-state index is 12.1. The summed E-state index contributed by atoms with van der Waals surface area (Å²) in [6, 6.07) is 0. The van der Waals surface area contributed by atoms with Crippen molar-refractivity contribution in [3.8, 4) is 0 Å². The molecule has 0 saturated carbocycles. The molecule has 0 heterocycles. The normalized spacial score (nSPS) is 12.6. The Hall–Kier alpha value is -1.88. The van der Waals surface area contributed by atoms with Crippen molar-refractivity contribution in [3.05, 3.63) is 36.5 Å². The molecule has 1 N–H and O–H groups in total. The third-order valence-electron chi connectivity index (χ3n) is 6.70. The Balaban J connectivity index is 3.65. The van der Waals surface area contributed by atoms with Gasteiger partial charge in [-0.15, -0.1) is 0 Å². The van der Waals surface area contributed by atoms with Gasteiger partial charge in [0.25, 0.3) is 0 Å². The number of rotatable bonds is 28. The van der Waals surface area contributed by atoms with Crippen molar-refractivity contribution >= 4 is 11.9 Å². The average molecular weight is 549 g/mol. The van der Waals surface area contributed by atoms with E-state index < -0.39 is 6.10 Å². The van der Waals surface area contributed by atoms with Crippen molar-refractivity contribution in [2.45, 2.75) is 155 Å². The summed E-state index contributed by atoms with van der Waals surface area (Å²) in [5, 5.41) is 9.48. The van der Waals surface area contributed by atoms with Crippen molar-refractivity contribution in [2.75, 3.05) is 13.2 Å². The van der Waals surface area contributed by atoms with Gasteiger partial charge in [0.05, 0.1) is 6.61 Å². The lowest BCUT2D eigenvalue weighted by Gasteiger charge is -2.15. The van der Waals surface area contributed by atoms with Crippen LogP contribution in [0.2, 0.25) is 0 Å². The van der Waals surface area contributed by atoms with Crippen LogP contribution in [0.25, 0.3) is 0 Å². The van der Waals surface area contributed by atoms with Crippen LogP contribution in [0.3, 0.4) is 0 Å². The molecular weight excluding hydrogens is 488 g/mol. The Labute approximate surface area is 240 Å². The lowest BCUT2D eigenvalue weighted by molar-refractivity contribution is -0.161. The molecule has 0 fully saturated rings. The molecule has 0 radical (unpaired) electrons. The molecule has 39 heavy (non-hydrogen) atoms. The van der Waals surface area contributed by atoms with Crippen molar-refractivity contribution in [1.82, 2.24) is 0 Å². The highest BCUT2D eigenvalue weighted by molar-refractivity contribution is 5.70. The average Bonchev–Trinajstić information content (AvgIpc) is 2.94. The Morgan fingerprint density at radius 3 is 1.67 bits per heavy atom. The molecule has 226 valence electrons. The second-order valence-corrected chi connectivity index (χ2v) is 10.5. The molecule has 0 aromatic carbocycles. The van der Waals surface area contributed by atoms with Gasteiger partial charge in [0.2, 0.25) is 0 Å². The standard InChI is InChI=1S/C34H60O5/c1-3-5-7-9-11-13-15-17-19-21-23-25-27-29-34(37)39-32(30-35)31-38-33(36)28-26-24-22-20-18-16-14-12-10-8-6-4-2/h5,7,11,13,17,19,32,35H,3-4,6,8-10,12,14-16,18,20-31H2,1-2H3/b7-5-,13-11-,19-17-. The lowest BCUT2D eigenvalue weighted by atomic mass is 10.0. The smallest absolute Gasteiger partial charge is 0.306 e. The molecule has 1 unspecified atom stereocenters. The molecule has 0 aromatic heterocycles. The molecule has 0 rings (SSSR count). The minimum absolute atomic E-state index is 0.0759.